The lowest BCUT2D eigenvalue weighted by atomic mass is 9.81. The Labute approximate surface area is 198 Å². The van der Waals surface area contributed by atoms with Crippen LogP contribution in [0.2, 0.25) is 0 Å². The number of ether oxygens (including phenoxy) is 3. The van der Waals surface area contributed by atoms with Crippen LogP contribution in [-0.2, 0) is 20.0 Å². The number of rotatable bonds is 4. The summed E-state index contributed by atoms with van der Waals surface area (Å²) in [5.74, 6) is -1.56. The number of thioether (sulfide) groups is 1. The van der Waals surface area contributed by atoms with Crippen LogP contribution in [0.1, 0.15) is 39.2 Å². The molecule has 33 heavy (non-hydrogen) atoms. The van der Waals surface area contributed by atoms with E-state index in [0.717, 1.165) is 16.0 Å². The van der Waals surface area contributed by atoms with E-state index in [0.29, 0.717) is 31.5 Å². The molecule has 2 aromatic carbocycles. The fraction of sp³-hybridized carbons (Fsp3) is 0.423. The number of halogens is 1. The molecule has 0 aromatic heterocycles. The Morgan fingerprint density at radius 1 is 1.09 bits per heavy atom. The summed E-state index contributed by atoms with van der Waals surface area (Å²) in [5.41, 5.74) is 1.94. The topological polar surface area (TPSA) is 48.0 Å². The zero-order valence-corrected chi connectivity index (χ0v) is 20.3. The minimum absolute atomic E-state index is 0.0720. The third kappa shape index (κ3) is 4.98. The molecule has 2 aliphatic rings. The van der Waals surface area contributed by atoms with Gasteiger partial charge in [0.2, 0.25) is 0 Å². The zero-order chi connectivity index (χ0) is 23.6. The fourth-order valence-electron chi connectivity index (χ4n) is 4.42. The minimum Gasteiger partial charge on any atom is -0.452 e. The van der Waals surface area contributed by atoms with Gasteiger partial charge in [-0.1, -0.05) is 18.2 Å². The predicted molar refractivity (Wildman–Crippen MR) is 127 cm³/mol. The number of benzene rings is 2. The van der Waals surface area contributed by atoms with Crippen LogP contribution in [0, 0.1) is 11.7 Å². The van der Waals surface area contributed by atoms with Crippen molar-refractivity contribution >= 4 is 17.9 Å². The fourth-order valence-corrected chi connectivity index (χ4v) is 4.83. The molecule has 1 amide bonds. The molecule has 176 valence electrons. The predicted octanol–water partition coefficient (Wildman–Crippen LogP) is 6.53. The third-order valence-electron chi connectivity index (χ3n) is 5.98. The van der Waals surface area contributed by atoms with Crippen LogP contribution in [0.5, 0.6) is 0 Å². The minimum atomic E-state index is -1.14. The number of hydrogen-bond acceptors (Lipinski definition) is 5. The molecule has 0 N–H and O–H groups in total. The van der Waals surface area contributed by atoms with Gasteiger partial charge in [0.15, 0.2) is 0 Å². The Kier molecular flexibility index (Phi) is 6.61. The Morgan fingerprint density at radius 3 is 2.30 bits per heavy atom. The lowest BCUT2D eigenvalue weighted by molar-refractivity contribution is -0.200. The van der Waals surface area contributed by atoms with Crippen LogP contribution in [0.25, 0.3) is 11.1 Å². The van der Waals surface area contributed by atoms with Gasteiger partial charge in [-0.2, -0.15) is 0 Å². The molecule has 0 unspecified atom stereocenters. The molecule has 4 rings (SSSR count). The van der Waals surface area contributed by atoms with E-state index in [4.69, 9.17) is 14.2 Å². The smallest absolute Gasteiger partial charge is 0.410 e. The molecule has 0 radical (unpaired) electrons. The Bertz CT molecular complexity index is 1020. The first-order valence-electron chi connectivity index (χ1n) is 11.1. The molecule has 2 aliphatic heterocycles. The van der Waals surface area contributed by atoms with Crippen molar-refractivity contribution in [3.63, 3.8) is 0 Å². The molecule has 0 atom stereocenters. The Hall–Kier alpha value is -2.67. The third-order valence-corrected chi connectivity index (χ3v) is 6.73. The molecular weight excluding hydrogens is 441 g/mol. The van der Waals surface area contributed by atoms with Gasteiger partial charge >= 0.3 is 6.09 Å². The Balaban J connectivity index is 1.63. The molecule has 1 fully saturated rings. The molecule has 1 saturated heterocycles. The van der Waals surface area contributed by atoms with E-state index in [1.54, 1.807) is 22.7 Å². The van der Waals surface area contributed by atoms with Crippen LogP contribution in [0.4, 0.5) is 9.18 Å². The number of hydrogen-bond donors (Lipinski definition) is 0. The molecule has 0 spiro atoms. The summed E-state index contributed by atoms with van der Waals surface area (Å²) in [6, 6.07) is 12.9. The molecule has 0 aliphatic carbocycles. The molecule has 2 heterocycles. The summed E-state index contributed by atoms with van der Waals surface area (Å²) in [5, 5.41) is 0. The molecular formula is C26H30FNO4S. The van der Waals surface area contributed by atoms with Crippen molar-refractivity contribution in [1.29, 1.82) is 0 Å². The van der Waals surface area contributed by atoms with E-state index in [1.807, 2.05) is 51.3 Å². The lowest BCUT2D eigenvalue weighted by Crippen LogP contribution is -2.47. The van der Waals surface area contributed by atoms with E-state index < -0.39 is 11.4 Å². The van der Waals surface area contributed by atoms with Gasteiger partial charge in [0.25, 0.3) is 5.79 Å². The second-order valence-corrected chi connectivity index (χ2v) is 10.2. The average Bonchev–Trinajstić information content (AvgIpc) is 3.29. The lowest BCUT2D eigenvalue weighted by Gasteiger charge is -2.41. The summed E-state index contributed by atoms with van der Waals surface area (Å²) in [7, 11) is 0. The molecule has 0 bridgehead atoms. The van der Waals surface area contributed by atoms with Crippen molar-refractivity contribution < 1.29 is 23.4 Å². The second-order valence-electron chi connectivity index (χ2n) is 9.34. The average molecular weight is 472 g/mol. The first-order valence-corrected chi connectivity index (χ1v) is 12.4. The standard InChI is InChI=1S/C26H30FNO4S/c1-25(2,3)32-24(29)28-13-11-19(12-14-28)26(30-15-16-31-26)23-17-20(27)7-10-22(23)18-5-8-21(33-4)9-6-18/h5-10,15-17,19H,11-14H2,1-4H3. The van der Waals surface area contributed by atoms with Gasteiger partial charge in [-0.3, -0.25) is 0 Å². The van der Waals surface area contributed by atoms with Crippen LogP contribution in [-0.4, -0.2) is 35.9 Å². The van der Waals surface area contributed by atoms with Crippen LogP contribution in [0.15, 0.2) is 59.9 Å². The highest BCUT2D eigenvalue weighted by atomic mass is 32.2. The molecule has 2 aromatic rings. The SMILES string of the molecule is CSc1ccc(-c2ccc(F)cc2C2(C3CCN(C(=O)OC(C)(C)C)CC3)OC=CO2)cc1. The first kappa shape index (κ1) is 23.5. The maximum atomic E-state index is 14.5. The van der Waals surface area contributed by atoms with Gasteiger partial charge in [0.05, 0.1) is 0 Å². The van der Waals surface area contributed by atoms with Crippen molar-refractivity contribution in [3.05, 3.63) is 66.4 Å². The van der Waals surface area contributed by atoms with Crippen molar-refractivity contribution in [3.8, 4) is 11.1 Å². The number of carbonyl (C=O) groups excluding carboxylic acids is 1. The number of piperidine rings is 1. The summed E-state index contributed by atoms with van der Waals surface area (Å²) in [6.07, 6.45) is 6.03. The number of carbonyl (C=O) groups is 1. The van der Waals surface area contributed by atoms with Crippen LogP contribution >= 0.6 is 11.8 Å². The van der Waals surface area contributed by atoms with Crippen LogP contribution < -0.4 is 0 Å². The molecule has 5 nitrogen and oxygen atoms in total. The maximum absolute atomic E-state index is 14.5. The highest BCUT2D eigenvalue weighted by Crippen LogP contribution is 2.47. The van der Waals surface area contributed by atoms with Gasteiger partial charge in [0, 0.05) is 29.5 Å². The van der Waals surface area contributed by atoms with Crippen LogP contribution in [0.3, 0.4) is 0 Å². The van der Waals surface area contributed by atoms with Crippen molar-refractivity contribution in [2.24, 2.45) is 5.92 Å². The van der Waals surface area contributed by atoms with Gasteiger partial charge in [-0.15, -0.1) is 11.8 Å². The van der Waals surface area contributed by atoms with E-state index in [-0.39, 0.29) is 17.8 Å². The summed E-state index contributed by atoms with van der Waals surface area (Å²) in [6.45, 7) is 6.60. The van der Waals surface area contributed by atoms with E-state index in [2.05, 4.69) is 0 Å². The monoisotopic (exact) mass is 471 g/mol. The number of nitrogens with zero attached hydrogens (tertiary/aromatic N) is 1. The molecule has 7 heteroatoms. The van der Waals surface area contributed by atoms with Crippen molar-refractivity contribution in [2.75, 3.05) is 19.3 Å². The second kappa shape index (κ2) is 9.29. The van der Waals surface area contributed by atoms with Crippen molar-refractivity contribution in [1.82, 2.24) is 4.90 Å². The summed E-state index contributed by atoms with van der Waals surface area (Å²) in [4.78, 5) is 15.4. The first-order chi connectivity index (χ1) is 15.7. The summed E-state index contributed by atoms with van der Waals surface area (Å²) < 4.78 is 32.2. The van der Waals surface area contributed by atoms with Gasteiger partial charge in [0.1, 0.15) is 23.9 Å². The molecule has 0 saturated carbocycles. The van der Waals surface area contributed by atoms with E-state index in [9.17, 15) is 9.18 Å². The van der Waals surface area contributed by atoms with Gasteiger partial charge in [-0.25, -0.2) is 9.18 Å². The van der Waals surface area contributed by atoms with Gasteiger partial charge in [-0.05, 0) is 75.3 Å². The number of likely N-dealkylation sites (tertiary alicyclic amines) is 1. The summed E-state index contributed by atoms with van der Waals surface area (Å²) >= 11 is 1.67. The van der Waals surface area contributed by atoms with E-state index in [1.165, 1.54) is 24.7 Å². The van der Waals surface area contributed by atoms with E-state index >= 15 is 0 Å². The zero-order valence-electron chi connectivity index (χ0n) is 19.5. The van der Waals surface area contributed by atoms with Gasteiger partial charge < -0.3 is 19.1 Å². The Morgan fingerprint density at radius 2 is 1.73 bits per heavy atom. The van der Waals surface area contributed by atoms with Crippen molar-refractivity contribution in [2.45, 2.75) is 49.9 Å². The maximum Gasteiger partial charge on any atom is 0.410 e. The quantitative estimate of drug-likeness (QED) is 0.474. The number of amides is 1. The normalized spacial score (nSPS) is 18.0. The highest BCUT2D eigenvalue weighted by molar-refractivity contribution is 7.98. The highest BCUT2D eigenvalue weighted by Gasteiger charge is 2.49. The largest absolute Gasteiger partial charge is 0.452 e.